The van der Waals surface area contributed by atoms with E-state index in [0.717, 1.165) is 31.2 Å². The van der Waals surface area contributed by atoms with Gasteiger partial charge in [-0.1, -0.05) is 18.9 Å². The van der Waals surface area contributed by atoms with E-state index >= 15 is 0 Å². The Morgan fingerprint density at radius 2 is 1.94 bits per heavy atom. The second kappa shape index (κ2) is 8.64. The summed E-state index contributed by atoms with van der Waals surface area (Å²) < 4.78 is 11.0. The second-order valence-corrected chi connectivity index (χ2v) is 9.09. The van der Waals surface area contributed by atoms with Gasteiger partial charge < -0.3 is 19.9 Å². The molecule has 1 saturated heterocycles. The molecule has 33 heavy (non-hydrogen) atoms. The molecule has 3 unspecified atom stereocenters. The van der Waals surface area contributed by atoms with E-state index in [1.165, 1.54) is 24.3 Å². The van der Waals surface area contributed by atoms with Gasteiger partial charge in [0.15, 0.2) is 11.5 Å². The molecule has 9 heteroatoms. The van der Waals surface area contributed by atoms with Crippen LogP contribution in [0.15, 0.2) is 42.5 Å². The fourth-order valence-corrected chi connectivity index (χ4v) is 5.51. The molecule has 174 valence electrons. The Balaban J connectivity index is 1.37. The summed E-state index contributed by atoms with van der Waals surface area (Å²) in [6, 6.07) is 11.5. The molecule has 9 nitrogen and oxygen atoms in total. The number of rotatable bonds is 5. The molecule has 0 bridgehead atoms. The highest BCUT2D eigenvalue weighted by atomic mass is 16.7. The minimum atomic E-state index is -0.732. The van der Waals surface area contributed by atoms with Gasteiger partial charge in [0, 0.05) is 36.3 Å². The number of amides is 1. The van der Waals surface area contributed by atoms with Crippen molar-refractivity contribution in [3.63, 3.8) is 0 Å². The molecule has 0 aromatic heterocycles. The van der Waals surface area contributed by atoms with Gasteiger partial charge in [-0.2, -0.15) is 0 Å². The van der Waals surface area contributed by atoms with Gasteiger partial charge >= 0.3 is 0 Å². The molecule has 3 atom stereocenters. The average Bonchev–Trinajstić information content (AvgIpc) is 3.27. The predicted molar refractivity (Wildman–Crippen MR) is 120 cm³/mol. The number of aliphatic hydroxyl groups is 1. The van der Waals surface area contributed by atoms with Crippen molar-refractivity contribution in [2.45, 2.75) is 43.7 Å². The predicted octanol–water partition coefficient (Wildman–Crippen LogP) is 3.63. The third-order valence-electron chi connectivity index (χ3n) is 7.12. The lowest BCUT2D eigenvalue weighted by Gasteiger charge is -2.52. The van der Waals surface area contributed by atoms with Crippen molar-refractivity contribution in [2.75, 3.05) is 25.2 Å². The largest absolute Gasteiger partial charge is 0.454 e. The molecule has 2 N–H and O–H groups in total. The summed E-state index contributed by atoms with van der Waals surface area (Å²) >= 11 is 0. The molecule has 2 heterocycles. The van der Waals surface area contributed by atoms with E-state index in [1.807, 2.05) is 18.2 Å². The van der Waals surface area contributed by atoms with Gasteiger partial charge in [-0.3, -0.25) is 19.8 Å². The first-order valence-corrected chi connectivity index (χ1v) is 11.3. The highest BCUT2D eigenvalue weighted by Crippen LogP contribution is 2.50. The number of anilines is 1. The first-order chi connectivity index (χ1) is 15.9. The van der Waals surface area contributed by atoms with Gasteiger partial charge in [-0.25, -0.2) is 0 Å². The van der Waals surface area contributed by atoms with Crippen molar-refractivity contribution in [3.8, 4) is 11.5 Å². The van der Waals surface area contributed by atoms with Crippen molar-refractivity contribution in [1.82, 2.24) is 4.90 Å². The van der Waals surface area contributed by atoms with E-state index < -0.39 is 10.5 Å². The summed E-state index contributed by atoms with van der Waals surface area (Å²) in [6.07, 6.45) is 4.37. The van der Waals surface area contributed by atoms with Crippen LogP contribution in [0.4, 0.5) is 11.4 Å². The Morgan fingerprint density at radius 3 is 2.73 bits per heavy atom. The van der Waals surface area contributed by atoms with Gasteiger partial charge in [-0.05, 0) is 49.1 Å². The molecule has 2 aliphatic heterocycles. The lowest BCUT2D eigenvalue weighted by Crippen LogP contribution is -2.56. The summed E-state index contributed by atoms with van der Waals surface area (Å²) in [7, 11) is 0. The number of likely N-dealkylation sites (tertiary alicyclic amines) is 1. The fourth-order valence-electron chi connectivity index (χ4n) is 5.51. The average molecular weight is 453 g/mol. The summed E-state index contributed by atoms with van der Waals surface area (Å²) in [5.41, 5.74) is 0.761. The van der Waals surface area contributed by atoms with Crippen LogP contribution in [-0.4, -0.2) is 46.3 Å². The smallest absolute Gasteiger partial charge is 0.269 e. The Kier molecular flexibility index (Phi) is 5.67. The molecule has 2 aromatic rings. The van der Waals surface area contributed by atoms with Gasteiger partial charge in [0.2, 0.25) is 12.7 Å². The number of nitrogens with zero attached hydrogens (tertiary/aromatic N) is 2. The molecular formula is C24H27N3O6. The molecule has 3 aliphatic rings. The number of fused-ring (bicyclic) bond motifs is 2. The van der Waals surface area contributed by atoms with Crippen LogP contribution < -0.4 is 14.8 Å². The number of nitro groups is 1. The third kappa shape index (κ3) is 4.26. The maximum absolute atomic E-state index is 12.9. The van der Waals surface area contributed by atoms with Crippen molar-refractivity contribution < 1.29 is 24.3 Å². The lowest BCUT2D eigenvalue weighted by atomic mass is 9.66. The standard InChI is InChI=1S/C24H27N3O6/c28-22(25-17-5-7-18(8-6-17)27(30)31)14-26-12-11-24(29)10-2-1-3-19(24)23(26)16-4-9-20-21(13-16)33-15-32-20/h4-9,13,19,23,29H,1-3,10-12,14-15H2,(H,25,28). The maximum atomic E-state index is 12.9. The number of piperidine rings is 1. The zero-order valence-electron chi connectivity index (χ0n) is 18.2. The first kappa shape index (κ1) is 21.7. The molecule has 1 aliphatic carbocycles. The zero-order chi connectivity index (χ0) is 23.0. The van der Waals surface area contributed by atoms with E-state index in [2.05, 4.69) is 10.2 Å². The topological polar surface area (TPSA) is 114 Å². The Morgan fingerprint density at radius 1 is 1.15 bits per heavy atom. The minimum absolute atomic E-state index is 0.0209. The van der Waals surface area contributed by atoms with Crippen molar-refractivity contribution in [3.05, 3.63) is 58.1 Å². The number of nitrogens with one attached hydrogen (secondary N) is 1. The SMILES string of the molecule is O=C(CN1CCC2(O)CCCCC2C1c1ccc2c(c1)OCO2)Nc1ccc([N+](=O)[O-])cc1. The van der Waals surface area contributed by atoms with Crippen molar-refractivity contribution in [2.24, 2.45) is 5.92 Å². The number of nitro benzene ring substituents is 1. The summed E-state index contributed by atoms with van der Waals surface area (Å²) in [5, 5.41) is 25.1. The molecule has 2 aromatic carbocycles. The van der Waals surface area contributed by atoms with Crippen LogP contribution in [0.5, 0.6) is 11.5 Å². The van der Waals surface area contributed by atoms with Gasteiger partial charge in [-0.15, -0.1) is 0 Å². The van der Waals surface area contributed by atoms with E-state index in [9.17, 15) is 20.0 Å². The van der Waals surface area contributed by atoms with Crippen LogP contribution in [0, 0.1) is 16.0 Å². The number of carbonyl (C=O) groups is 1. The number of non-ortho nitro benzene ring substituents is 1. The number of benzene rings is 2. The molecule has 0 spiro atoms. The maximum Gasteiger partial charge on any atom is 0.269 e. The van der Waals surface area contributed by atoms with Gasteiger partial charge in [0.05, 0.1) is 17.1 Å². The quantitative estimate of drug-likeness (QED) is 0.525. The third-order valence-corrected chi connectivity index (χ3v) is 7.12. The highest BCUT2D eigenvalue weighted by Gasteiger charge is 2.49. The van der Waals surface area contributed by atoms with Crippen LogP contribution >= 0.6 is 0 Å². The van der Waals surface area contributed by atoms with E-state index in [0.29, 0.717) is 30.2 Å². The van der Waals surface area contributed by atoms with E-state index in [-0.39, 0.29) is 36.9 Å². The molecule has 0 radical (unpaired) electrons. The molecule has 5 rings (SSSR count). The van der Waals surface area contributed by atoms with Crippen LogP contribution in [0.25, 0.3) is 0 Å². The highest BCUT2D eigenvalue weighted by molar-refractivity contribution is 5.92. The fraction of sp³-hybridized carbons (Fsp3) is 0.458. The molecule has 2 fully saturated rings. The summed E-state index contributed by atoms with van der Waals surface area (Å²) in [6.45, 7) is 0.945. The lowest BCUT2D eigenvalue weighted by molar-refractivity contribution is -0.384. The summed E-state index contributed by atoms with van der Waals surface area (Å²) in [5.74, 6) is 1.21. The number of carbonyl (C=O) groups excluding carboxylic acids is 1. The minimum Gasteiger partial charge on any atom is -0.454 e. The second-order valence-electron chi connectivity index (χ2n) is 9.09. The Bertz CT molecular complexity index is 1060. The Labute approximate surface area is 191 Å². The van der Waals surface area contributed by atoms with Crippen molar-refractivity contribution >= 4 is 17.3 Å². The van der Waals surface area contributed by atoms with Crippen LogP contribution in [0.2, 0.25) is 0 Å². The summed E-state index contributed by atoms with van der Waals surface area (Å²) in [4.78, 5) is 25.4. The molecule has 1 amide bonds. The molecule has 1 saturated carbocycles. The Hall–Kier alpha value is -3.17. The monoisotopic (exact) mass is 453 g/mol. The normalized spacial score (nSPS) is 26.5. The van der Waals surface area contributed by atoms with Crippen LogP contribution in [-0.2, 0) is 4.79 Å². The van der Waals surface area contributed by atoms with Crippen LogP contribution in [0.3, 0.4) is 0 Å². The first-order valence-electron chi connectivity index (χ1n) is 11.3. The van der Waals surface area contributed by atoms with Crippen LogP contribution in [0.1, 0.15) is 43.7 Å². The zero-order valence-corrected chi connectivity index (χ0v) is 18.2. The number of hydrogen-bond acceptors (Lipinski definition) is 7. The van der Waals surface area contributed by atoms with E-state index in [1.54, 1.807) is 0 Å². The number of ether oxygens (including phenoxy) is 2. The van der Waals surface area contributed by atoms with Gasteiger partial charge in [0.25, 0.3) is 5.69 Å². The molecular weight excluding hydrogens is 426 g/mol. The number of hydrogen-bond donors (Lipinski definition) is 2. The van der Waals surface area contributed by atoms with Gasteiger partial charge in [0.1, 0.15) is 0 Å². The van der Waals surface area contributed by atoms with Crippen molar-refractivity contribution in [1.29, 1.82) is 0 Å². The van der Waals surface area contributed by atoms with E-state index in [4.69, 9.17) is 9.47 Å².